The van der Waals surface area contributed by atoms with E-state index in [2.05, 4.69) is 38.5 Å². The molecule has 1 aliphatic carbocycles. The Kier molecular flexibility index (Phi) is 10.3. The first-order chi connectivity index (χ1) is 10.8. The second-order valence-electron chi connectivity index (χ2n) is 5.58. The van der Waals surface area contributed by atoms with Gasteiger partial charge in [-0.15, -0.1) is 35.3 Å². The van der Waals surface area contributed by atoms with Crippen LogP contribution >= 0.6 is 35.3 Å². The molecular formula is C16H27IN4OS. The summed E-state index contributed by atoms with van der Waals surface area (Å²) < 4.78 is 0. The van der Waals surface area contributed by atoms with Gasteiger partial charge in [-0.25, -0.2) is 0 Å². The summed E-state index contributed by atoms with van der Waals surface area (Å²) in [5.41, 5.74) is 0. The van der Waals surface area contributed by atoms with E-state index in [1.807, 2.05) is 0 Å². The van der Waals surface area contributed by atoms with Gasteiger partial charge in [-0.2, -0.15) is 0 Å². The molecule has 1 aromatic heterocycles. The molecule has 1 aliphatic rings. The van der Waals surface area contributed by atoms with Crippen LogP contribution in [-0.2, 0) is 11.2 Å². The molecule has 1 heterocycles. The highest BCUT2D eigenvalue weighted by molar-refractivity contribution is 14.0. The molecule has 0 saturated heterocycles. The van der Waals surface area contributed by atoms with Crippen molar-refractivity contribution in [3.8, 4) is 0 Å². The number of nitrogens with zero attached hydrogens (tertiary/aromatic N) is 1. The molecule has 0 unspecified atom stereocenters. The molecule has 0 radical (unpaired) electrons. The Bertz CT molecular complexity index is 472. The highest BCUT2D eigenvalue weighted by Gasteiger charge is 2.15. The molecule has 0 aliphatic heterocycles. The van der Waals surface area contributed by atoms with Crippen LogP contribution < -0.4 is 16.0 Å². The lowest BCUT2D eigenvalue weighted by Gasteiger charge is -2.23. The molecular weight excluding hydrogens is 423 g/mol. The van der Waals surface area contributed by atoms with E-state index in [1.165, 1.54) is 24.1 Å². The van der Waals surface area contributed by atoms with Gasteiger partial charge in [0.2, 0.25) is 5.91 Å². The second kappa shape index (κ2) is 11.7. The van der Waals surface area contributed by atoms with Crippen LogP contribution in [0.4, 0.5) is 0 Å². The largest absolute Gasteiger partial charge is 0.356 e. The smallest absolute Gasteiger partial charge is 0.239 e. The first-order valence-electron chi connectivity index (χ1n) is 8.04. The molecule has 5 nitrogen and oxygen atoms in total. The van der Waals surface area contributed by atoms with Crippen molar-refractivity contribution in [3.63, 3.8) is 0 Å². The van der Waals surface area contributed by atoms with Crippen molar-refractivity contribution in [2.75, 3.05) is 20.1 Å². The molecule has 1 saturated carbocycles. The molecule has 0 bridgehead atoms. The number of hydrogen-bond acceptors (Lipinski definition) is 3. The van der Waals surface area contributed by atoms with E-state index >= 15 is 0 Å². The maximum atomic E-state index is 11.9. The van der Waals surface area contributed by atoms with E-state index in [-0.39, 0.29) is 36.4 Å². The maximum absolute atomic E-state index is 11.9. The number of halogens is 1. The molecule has 23 heavy (non-hydrogen) atoms. The minimum absolute atomic E-state index is 0. The Morgan fingerprint density at radius 2 is 2.09 bits per heavy atom. The molecule has 0 aromatic carbocycles. The van der Waals surface area contributed by atoms with Crippen LogP contribution in [0, 0.1) is 0 Å². The van der Waals surface area contributed by atoms with Crippen LogP contribution in [0.2, 0.25) is 0 Å². The topological polar surface area (TPSA) is 65.5 Å². The zero-order valence-corrected chi connectivity index (χ0v) is 16.8. The summed E-state index contributed by atoms with van der Waals surface area (Å²) in [4.78, 5) is 17.4. The minimum Gasteiger partial charge on any atom is -0.356 e. The van der Waals surface area contributed by atoms with Crippen LogP contribution in [0.15, 0.2) is 22.5 Å². The van der Waals surface area contributed by atoms with Gasteiger partial charge in [0, 0.05) is 24.5 Å². The molecule has 1 aromatic rings. The van der Waals surface area contributed by atoms with E-state index in [4.69, 9.17) is 0 Å². The van der Waals surface area contributed by atoms with Crippen LogP contribution in [0.1, 0.15) is 37.0 Å². The third-order valence-electron chi connectivity index (χ3n) is 3.85. The monoisotopic (exact) mass is 450 g/mol. The van der Waals surface area contributed by atoms with Crippen LogP contribution in [0.5, 0.6) is 0 Å². The van der Waals surface area contributed by atoms with Crippen molar-refractivity contribution < 1.29 is 4.79 Å². The zero-order valence-electron chi connectivity index (χ0n) is 13.6. The number of carbonyl (C=O) groups is 1. The number of amides is 1. The average Bonchev–Trinajstić information content (AvgIpc) is 3.05. The number of hydrogen-bond donors (Lipinski definition) is 3. The van der Waals surface area contributed by atoms with Crippen LogP contribution in [0.25, 0.3) is 0 Å². The lowest BCUT2D eigenvalue weighted by Crippen LogP contribution is -2.46. The van der Waals surface area contributed by atoms with Crippen molar-refractivity contribution in [2.24, 2.45) is 4.99 Å². The lowest BCUT2D eigenvalue weighted by molar-refractivity contribution is -0.120. The van der Waals surface area contributed by atoms with E-state index in [9.17, 15) is 4.79 Å². The van der Waals surface area contributed by atoms with Gasteiger partial charge >= 0.3 is 0 Å². The Balaban J connectivity index is 0.00000264. The molecule has 130 valence electrons. The van der Waals surface area contributed by atoms with Gasteiger partial charge in [0.05, 0.1) is 6.54 Å². The molecule has 1 fully saturated rings. The van der Waals surface area contributed by atoms with Crippen molar-refractivity contribution >= 4 is 47.2 Å². The maximum Gasteiger partial charge on any atom is 0.239 e. The van der Waals surface area contributed by atoms with E-state index in [1.54, 1.807) is 18.4 Å². The Morgan fingerprint density at radius 1 is 1.30 bits per heavy atom. The predicted molar refractivity (Wildman–Crippen MR) is 108 cm³/mol. The van der Waals surface area contributed by atoms with Crippen molar-refractivity contribution in [1.29, 1.82) is 0 Å². The van der Waals surface area contributed by atoms with E-state index in [0.717, 1.165) is 25.8 Å². The Labute approximate surface area is 159 Å². The number of nitrogens with one attached hydrogen (secondary N) is 3. The third-order valence-corrected chi connectivity index (χ3v) is 4.79. The fourth-order valence-electron chi connectivity index (χ4n) is 2.67. The number of aliphatic imine (C=N–C) groups is 1. The summed E-state index contributed by atoms with van der Waals surface area (Å²) in [5, 5.41) is 11.5. The number of carbonyl (C=O) groups excluding carboxylic acids is 1. The van der Waals surface area contributed by atoms with Gasteiger partial charge in [0.1, 0.15) is 0 Å². The standard InChI is InChI=1S/C16H26N4OS.HI/c1-17-16(18-10-9-14-8-5-11-22-14)19-12-15(21)20-13-6-3-2-4-7-13;/h5,8,11,13H,2-4,6-7,9-10,12H2,1H3,(H,20,21)(H2,17,18,19);1H. The molecule has 1 amide bonds. The number of rotatable bonds is 6. The van der Waals surface area contributed by atoms with Gasteiger partial charge in [-0.05, 0) is 30.7 Å². The van der Waals surface area contributed by atoms with Gasteiger partial charge in [-0.1, -0.05) is 25.3 Å². The Morgan fingerprint density at radius 3 is 2.74 bits per heavy atom. The van der Waals surface area contributed by atoms with Crippen molar-refractivity contribution in [3.05, 3.63) is 22.4 Å². The fraction of sp³-hybridized carbons (Fsp3) is 0.625. The quantitative estimate of drug-likeness (QED) is 0.355. The SMILES string of the molecule is CN=C(NCCc1cccs1)NCC(=O)NC1CCCCC1.I. The molecule has 7 heteroatoms. The lowest BCUT2D eigenvalue weighted by atomic mass is 9.95. The van der Waals surface area contributed by atoms with E-state index in [0.29, 0.717) is 12.0 Å². The highest BCUT2D eigenvalue weighted by atomic mass is 127. The fourth-order valence-corrected chi connectivity index (χ4v) is 3.38. The van der Waals surface area contributed by atoms with Crippen molar-refractivity contribution in [2.45, 2.75) is 44.6 Å². The molecule has 3 N–H and O–H groups in total. The van der Waals surface area contributed by atoms with Gasteiger partial charge in [0.15, 0.2) is 5.96 Å². The summed E-state index contributed by atoms with van der Waals surface area (Å²) in [6, 6.07) is 4.54. The van der Waals surface area contributed by atoms with Crippen molar-refractivity contribution in [1.82, 2.24) is 16.0 Å². The summed E-state index contributed by atoms with van der Waals surface area (Å²) in [6.07, 6.45) is 6.94. The summed E-state index contributed by atoms with van der Waals surface area (Å²) in [7, 11) is 1.72. The zero-order chi connectivity index (χ0) is 15.6. The predicted octanol–water partition coefficient (Wildman–Crippen LogP) is 2.52. The Hall–Kier alpha value is -0.830. The van der Waals surface area contributed by atoms with Crippen LogP contribution in [0.3, 0.4) is 0 Å². The first-order valence-corrected chi connectivity index (χ1v) is 8.92. The van der Waals surface area contributed by atoms with Crippen LogP contribution in [-0.4, -0.2) is 38.0 Å². The minimum atomic E-state index is 0. The van der Waals surface area contributed by atoms with Gasteiger partial charge in [0.25, 0.3) is 0 Å². The van der Waals surface area contributed by atoms with Gasteiger partial charge in [-0.3, -0.25) is 9.79 Å². The summed E-state index contributed by atoms with van der Waals surface area (Å²) >= 11 is 1.76. The normalized spacial score (nSPS) is 15.6. The average molecular weight is 450 g/mol. The van der Waals surface area contributed by atoms with E-state index < -0.39 is 0 Å². The summed E-state index contributed by atoms with van der Waals surface area (Å²) in [6.45, 7) is 1.08. The number of thiophene rings is 1. The third kappa shape index (κ3) is 8.01. The molecule has 0 atom stereocenters. The first kappa shape index (κ1) is 20.2. The van der Waals surface area contributed by atoms with Gasteiger partial charge < -0.3 is 16.0 Å². The molecule has 0 spiro atoms. The summed E-state index contributed by atoms with van der Waals surface area (Å²) in [5.74, 6) is 0.725. The second-order valence-corrected chi connectivity index (χ2v) is 6.62. The molecule has 2 rings (SSSR count). The number of guanidine groups is 1. The highest BCUT2D eigenvalue weighted by Crippen LogP contribution is 2.17.